The van der Waals surface area contributed by atoms with Crippen molar-refractivity contribution >= 4 is 37.8 Å². The molecule has 3 N–H and O–H groups in total. The van der Waals surface area contributed by atoms with E-state index >= 15 is 0 Å². The minimum Gasteiger partial charge on any atom is -0.487 e. The Morgan fingerprint density at radius 1 is 1.03 bits per heavy atom. The molecule has 1 atom stereocenters. The van der Waals surface area contributed by atoms with Gasteiger partial charge < -0.3 is 9.84 Å². The largest absolute Gasteiger partial charge is 0.487 e. The van der Waals surface area contributed by atoms with Crippen molar-refractivity contribution in [2.45, 2.75) is 24.0 Å². The second-order valence-corrected chi connectivity index (χ2v) is 11.5. The van der Waals surface area contributed by atoms with Crippen LogP contribution in [0.1, 0.15) is 11.1 Å². The first kappa shape index (κ1) is 26.1. The van der Waals surface area contributed by atoms with Crippen molar-refractivity contribution in [3.05, 3.63) is 90.0 Å². The van der Waals surface area contributed by atoms with Crippen molar-refractivity contribution in [3.8, 4) is 5.75 Å². The van der Waals surface area contributed by atoms with Gasteiger partial charge in [-0.1, -0.05) is 54.6 Å². The van der Waals surface area contributed by atoms with Crippen molar-refractivity contribution in [3.63, 3.8) is 0 Å². The summed E-state index contributed by atoms with van der Waals surface area (Å²) in [5.74, 6) is -2.02. The van der Waals surface area contributed by atoms with Gasteiger partial charge in [0.25, 0.3) is 5.91 Å². The molecule has 1 amide bonds. The summed E-state index contributed by atoms with van der Waals surface area (Å²) in [5, 5.41) is 9.70. The number of hydrogen-bond donors (Lipinski definition) is 3. The third-order valence-electron chi connectivity index (χ3n) is 5.44. The van der Waals surface area contributed by atoms with E-state index < -0.39 is 44.7 Å². The van der Waals surface area contributed by atoms with Gasteiger partial charge in [-0.2, -0.15) is 13.1 Å². The summed E-state index contributed by atoms with van der Waals surface area (Å²) in [5.41, 5.74) is 1.23. The number of nitrogens with zero attached hydrogens (tertiary/aromatic N) is 1. The van der Waals surface area contributed by atoms with E-state index in [4.69, 9.17) is 4.74 Å². The lowest BCUT2D eigenvalue weighted by atomic mass is 10.1. The normalized spacial score (nSPS) is 15.7. The predicted molar refractivity (Wildman–Crippen MR) is 134 cm³/mol. The van der Waals surface area contributed by atoms with E-state index in [9.17, 15) is 31.5 Å². The number of rotatable bonds is 10. The summed E-state index contributed by atoms with van der Waals surface area (Å²) in [4.78, 5) is 23.6. The Hall–Kier alpha value is -3.94. The number of nitrogens with one attached hydrogen (secondary N) is 2. The Labute approximate surface area is 213 Å². The number of carbonyl (C=O) groups is 2. The molecule has 1 unspecified atom stereocenters. The highest BCUT2D eigenvalue weighted by atomic mass is 32.2. The van der Waals surface area contributed by atoms with Gasteiger partial charge in [-0.25, -0.2) is 17.4 Å². The maximum absolute atomic E-state index is 12.7. The number of aliphatic carboxylic acids is 1. The lowest BCUT2D eigenvalue weighted by Gasteiger charge is -2.21. The molecule has 1 aliphatic heterocycles. The molecule has 11 nitrogen and oxygen atoms in total. The zero-order valence-electron chi connectivity index (χ0n) is 19.3. The highest BCUT2D eigenvalue weighted by Gasteiger charge is 2.36. The molecule has 4 rings (SSSR count). The van der Waals surface area contributed by atoms with Gasteiger partial charge in [0.05, 0.1) is 10.6 Å². The van der Waals surface area contributed by atoms with E-state index in [2.05, 4.69) is 4.72 Å². The molecule has 37 heavy (non-hydrogen) atoms. The van der Waals surface area contributed by atoms with Gasteiger partial charge in [0, 0.05) is 0 Å². The first-order chi connectivity index (χ1) is 17.5. The van der Waals surface area contributed by atoms with Crippen LogP contribution in [0.15, 0.2) is 83.8 Å². The van der Waals surface area contributed by atoms with E-state index in [1.54, 1.807) is 30.3 Å². The molecule has 13 heteroatoms. The number of carboxylic acid groups (broad SMARTS) is 1. The molecule has 194 valence electrons. The number of anilines is 1. The number of carboxylic acids is 1. The second kappa shape index (κ2) is 10.6. The van der Waals surface area contributed by atoms with Crippen LogP contribution in [0.5, 0.6) is 5.75 Å². The fraction of sp³-hybridized carbons (Fsp3) is 0.167. The topological polar surface area (TPSA) is 159 Å². The first-order valence-electron chi connectivity index (χ1n) is 11.0. The summed E-state index contributed by atoms with van der Waals surface area (Å²) in [6, 6.07) is 19.2. The Balaban J connectivity index is 1.64. The fourth-order valence-electron chi connectivity index (χ4n) is 3.67. The van der Waals surface area contributed by atoms with Crippen LogP contribution in [0, 0.1) is 0 Å². The molecule has 0 aromatic heterocycles. The molecule has 1 saturated heterocycles. The van der Waals surface area contributed by atoms with Gasteiger partial charge in [0.1, 0.15) is 24.9 Å². The number of hydrogen-bond acceptors (Lipinski definition) is 7. The lowest BCUT2D eigenvalue weighted by Crippen LogP contribution is -2.42. The van der Waals surface area contributed by atoms with Crippen molar-refractivity contribution < 1.29 is 36.3 Å². The Morgan fingerprint density at radius 2 is 1.68 bits per heavy atom. The maximum Gasteiger partial charge on any atom is 0.326 e. The zero-order chi connectivity index (χ0) is 26.6. The van der Waals surface area contributed by atoms with E-state index in [-0.39, 0.29) is 29.4 Å². The van der Waals surface area contributed by atoms with Gasteiger partial charge in [0.15, 0.2) is 0 Å². The van der Waals surface area contributed by atoms with Gasteiger partial charge in [-0.3, -0.25) is 9.59 Å². The first-order valence-corrected chi connectivity index (χ1v) is 13.9. The number of ether oxygens (including phenoxy) is 1. The number of amides is 1. The molecule has 1 fully saturated rings. The van der Waals surface area contributed by atoms with E-state index in [1.165, 1.54) is 42.5 Å². The molecular weight excluding hydrogens is 522 g/mol. The summed E-state index contributed by atoms with van der Waals surface area (Å²) in [6.07, 6.45) is -0.257. The van der Waals surface area contributed by atoms with Crippen LogP contribution in [0.3, 0.4) is 0 Å². The monoisotopic (exact) mass is 545 g/mol. The molecule has 1 heterocycles. The summed E-state index contributed by atoms with van der Waals surface area (Å²) < 4.78 is 61.0. The number of sulfonamides is 1. The molecule has 0 aliphatic carbocycles. The summed E-state index contributed by atoms with van der Waals surface area (Å²) in [6.45, 7) is -0.381. The summed E-state index contributed by atoms with van der Waals surface area (Å²) in [7, 11) is -8.25. The molecule has 0 radical (unpaired) electrons. The Morgan fingerprint density at radius 3 is 2.27 bits per heavy atom. The number of carbonyl (C=O) groups excluding carboxylic acids is 1. The lowest BCUT2D eigenvalue weighted by molar-refractivity contribution is -0.138. The smallest absolute Gasteiger partial charge is 0.326 e. The van der Waals surface area contributed by atoms with Crippen LogP contribution in [0.4, 0.5) is 5.69 Å². The molecule has 0 spiro atoms. The molecule has 0 saturated carbocycles. The zero-order valence-corrected chi connectivity index (χ0v) is 20.9. The minimum absolute atomic E-state index is 0.0650. The van der Waals surface area contributed by atoms with E-state index in [1.807, 2.05) is 10.8 Å². The molecule has 3 aromatic carbocycles. The maximum atomic E-state index is 12.7. The molecule has 0 bridgehead atoms. The SMILES string of the molecule is O=C1CN(c2ccc(CC(NS(=O)(=O)c3ccccc3)C(=O)O)cc2OCc2ccccc2)S(=O)(=O)N1. The molecule has 1 aliphatic rings. The highest BCUT2D eigenvalue weighted by molar-refractivity contribution is 7.92. The van der Waals surface area contributed by atoms with Crippen LogP contribution in [-0.2, 0) is 42.8 Å². The molecular formula is C24H23N3O8S2. The average molecular weight is 546 g/mol. The third-order valence-corrected chi connectivity index (χ3v) is 8.32. The van der Waals surface area contributed by atoms with Gasteiger partial charge in [0.2, 0.25) is 10.0 Å². The van der Waals surface area contributed by atoms with E-state index in [0.717, 1.165) is 9.87 Å². The van der Waals surface area contributed by atoms with Crippen molar-refractivity contribution in [2.75, 3.05) is 10.8 Å². The van der Waals surface area contributed by atoms with Crippen molar-refractivity contribution in [2.24, 2.45) is 0 Å². The standard InChI is InChI=1S/C24H23N3O8S2/c28-23-15-27(37(33,34)26-23)21-12-11-18(14-22(21)35-16-17-7-3-1-4-8-17)13-20(24(29)30)25-36(31,32)19-9-5-2-6-10-19/h1-12,14,20,25H,13,15-16H2,(H,26,28)(H,29,30). The van der Waals surface area contributed by atoms with Crippen molar-refractivity contribution in [1.82, 2.24) is 9.44 Å². The fourth-order valence-corrected chi connectivity index (χ4v) is 6.04. The van der Waals surface area contributed by atoms with Crippen LogP contribution in [-0.4, -0.2) is 46.4 Å². The van der Waals surface area contributed by atoms with Crippen LogP contribution in [0.25, 0.3) is 0 Å². The minimum atomic E-state index is -4.13. The van der Waals surface area contributed by atoms with Crippen LogP contribution in [0.2, 0.25) is 0 Å². The summed E-state index contributed by atoms with van der Waals surface area (Å²) >= 11 is 0. The van der Waals surface area contributed by atoms with Crippen LogP contribution < -0.4 is 18.5 Å². The van der Waals surface area contributed by atoms with Gasteiger partial charge in [-0.15, -0.1) is 0 Å². The highest BCUT2D eigenvalue weighted by Crippen LogP contribution is 2.33. The van der Waals surface area contributed by atoms with Crippen molar-refractivity contribution in [1.29, 1.82) is 0 Å². The number of benzene rings is 3. The Kier molecular flexibility index (Phi) is 7.47. The third kappa shape index (κ3) is 6.25. The van der Waals surface area contributed by atoms with Gasteiger partial charge >= 0.3 is 16.2 Å². The quantitative estimate of drug-likeness (QED) is 0.345. The van der Waals surface area contributed by atoms with Crippen LogP contribution >= 0.6 is 0 Å². The predicted octanol–water partition coefficient (Wildman–Crippen LogP) is 1.42. The van der Waals surface area contributed by atoms with E-state index in [0.29, 0.717) is 5.56 Å². The Bertz CT molecular complexity index is 1510. The average Bonchev–Trinajstić information content (AvgIpc) is 3.14. The van der Waals surface area contributed by atoms with Gasteiger partial charge in [-0.05, 0) is 41.8 Å². The second-order valence-electron chi connectivity index (χ2n) is 8.14. The molecule has 3 aromatic rings.